The number of rotatable bonds is 4. The molecular formula is C5H3F7O. The van der Waals surface area contributed by atoms with Crippen LogP contribution in [-0.4, -0.2) is 19.0 Å². The molecule has 0 saturated heterocycles. The first kappa shape index (κ1) is 12.0. The molecule has 0 bridgehead atoms. The van der Waals surface area contributed by atoms with Crippen molar-refractivity contribution in [2.75, 3.05) is 0 Å². The van der Waals surface area contributed by atoms with Crippen molar-refractivity contribution >= 4 is 0 Å². The van der Waals surface area contributed by atoms with Gasteiger partial charge in [0.05, 0.1) is 0 Å². The molecule has 0 aromatic heterocycles. The van der Waals surface area contributed by atoms with E-state index in [4.69, 9.17) is 0 Å². The van der Waals surface area contributed by atoms with Crippen LogP contribution in [0.1, 0.15) is 0 Å². The fourth-order valence-corrected chi connectivity index (χ4v) is 0.323. The number of ether oxygens (including phenoxy) is 1. The Morgan fingerprint density at radius 1 is 0.923 bits per heavy atom. The van der Waals surface area contributed by atoms with E-state index in [1.807, 2.05) is 0 Å². The summed E-state index contributed by atoms with van der Waals surface area (Å²) in [5, 5.41) is 0. The summed E-state index contributed by atoms with van der Waals surface area (Å²) in [5.74, 6) is 0. The molecule has 0 amide bonds. The number of halogens is 7. The Hall–Kier alpha value is -0.950. The summed E-state index contributed by atoms with van der Waals surface area (Å²) in [6.45, 7) is 0. The van der Waals surface area contributed by atoms with Gasteiger partial charge in [-0.2, -0.15) is 17.6 Å². The van der Waals surface area contributed by atoms with E-state index in [1.54, 1.807) is 0 Å². The van der Waals surface area contributed by atoms with E-state index in [0.29, 0.717) is 0 Å². The summed E-state index contributed by atoms with van der Waals surface area (Å²) < 4.78 is 83.3. The van der Waals surface area contributed by atoms with Crippen molar-refractivity contribution < 1.29 is 35.5 Å². The molecule has 13 heavy (non-hydrogen) atoms. The molecule has 2 unspecified atom stereocenters. The van der Waals surface area contributed by atoms with Crippen LogP contribution < -0.4 is 0 Å². The predicted octanol–water partition coefficient (Wildman–Crippen LogP) is 2.94. The van der Waals surface area contributed by atoms with E-state index in [9.17, 15) is 30.7 Å². The van der Waals surface area contributed by atoms with Gasteiger partial charge < -0.3 is 4.74 Å². The van der Waals surface area contributed by atoms with Crippen LogP contribution in [-0.2, 0) is 4.74 Å². The lowest BCUT2D eigenvalue weighted by atomic mass is 10.4. The van der Waals surface area contributed by atoms with Gasteiger partial charge in [0.1, 0.15) is 0 Å². The lowest BCUT2D eigenvalue weighted by Crippen LogP contribution is -2.27. The highest BCUT2D eigenvalue weighted by atomic mass is 19.3. The fourth-order valence-electron chi connectivity index (χ4n) is 0.323. The maximum absolute atomic E-state index is 12.0. The van der Waals surface area contributed by atoms with Gasteiger partial charge in [0.25, 0.3) is 12.8 Å². The van der Waals surface area contributed by atoms with Crippen LogP contribution in [0.25, 0.3) is 0 Å². The number of hydrogen-bond donors (Lipinski definition) is 0. The summed E-state index contributed by atoms with van der Waals surface area (Å²) in [6, 6.07) is -2.71. The highest BCUT2D eigenvalue weighted by Crippen LogP contribution is 2.20. The molecule has 0 heterocycles. The molecule has 0 aliphatic rings. The molecule has 0 aliphatic carbocycles. The second-order valence-electron chi connectivity index (χ2n) is 1.78. The lowest BCUT2D eigenvalue weighted by Gasteiger charge is -2.12. The van der Waals surface area contributed by atoms with E-state index in [-0.39, 0.29) is 0 Å². The molecule has 1 nitrogen and oxygen atoms in total. The topological polar surface area (TPSA) is 9.23 Å². The Labute approximate surface area is 67.8 Å². The highest BCUT2D eigenvalue weighted by molar-refractivity contribution is 4.82. The Kier molecular flexibility index (Phi) is 4.57. The summed E-state index contributed by atoms with van der Waals surface area (Å²) in [5.41, 5.74) is 0. The van der Waals surface area contributed by atoms with Gasteiger partial charge in [-0.15, -0.1) is 0 Å². The summed E-state index contributed by atoms with van der Waals surface area (Å²) >= 11 is 0. The zero-order chi connectivity index (χ0) is 10.6. The number of hydrogen-bond acceptors (Lipinski definition) is 1. The maximum atomic E-state index is 12.0. The van der Waals surface area contributed by atoms with Crippen molar-refractivity contribution in [2.24, 2.45) is 0 Å². The van der Waals surface area contributed by atoms with Crippen molar-refractivity contribution in [1.29, 1.82) is 0 Å². The van der Waals surface area contributed by atoms with E-state index in [0.717, 1.165) is 0 Å². The lowest BCUT2D eigenvalue weighted by molar-refractivity contribution is -0.120. The quantitative estimate of drug-likeness (QED) is 0.514. The van der Waals surface area contributed by atoms with Gasteiger partial charge in [0.2, 0.25) is 6.17 Å². The van der Waals surface area contributed by atoms with Gasteiger partial charge in [0.15, 0.2) is 0 Å². The average Bonchev–Trinajstić information content (AvgIpc) is 2.02. The predicted molar refractivity (Wildman–Crippen MR) is 27.2 cm³/mol. The van der Waals surface area contributed by atoms with E-state index >= 15 is 0 Å². The van der Waals surface area contributed by atoms with Crippen molar-refractivity contribution in [2.45, 2.75) is 19.0 Å². The third kappa shape index (κ3) is 4.00. The Bertz CT molecular complexity index is 187. The minimum atomic E-state index is -3.77. The molecule has 0 aromatic carbocycles. The van der Waals surface area contributed by atoms with E-state index in [2.05, 4.69) is 4.74 Å². The normalized spacial score (nSPS) is 15.4. The van der Waals surface area contributed by atoms with Crippen LogP contribution in [0, 0.1) is 0 Å². The van der Waals surface area contributed by atoms with Crippen LogP contribution >= 0.6 is 0 Å². The zero-order valence-corrected chi connectivity index (χ0v) is 5.79. The molecule has 0 aromatic rings. The van der Waals surface area contributed by atoms with Crippen LogP contribution in [0.5, 0.6) is 0 Å². The van der Waals surface area contributed by atoms with Gasteiger partial charge in [-0.3, -0.25) is 0 Å². The molecule has 0 spiro atoms. The molecular weight excluding hydrogens is 209 g/mol. The van der Waals surface area contributed by atoms with Gasteiger partial charge in [-0.1, -0.05) is 0 Å². The van der Waals surface area contributed by atoms with Crippen LogP contribution in [0.4, 0.5) is 30.7 Å². The smallest absolute Gasteiger partial charge is 0.342 e. The summed E-state index contributed by atoms with van der Waals surface area (Å²) in [4.78, 5) is 0. The molecule has 2 atom stereocenters. The monoisotopic (exact) mass is 212 g/mol. The van der Waals surface area contributed by atoms with Crippen molar-refractivity contribution in [1.82, 2.24) is 0 Å². The minimum Gasteiger partial charge on any atom is -0.429 e. The van der Waals surface area contributed by atoms with E-state index in [1.165, 1.54) is 0 Å². The Balaban J connectivity index is 4.15. The van der Waals surface area contributed by atoms with Crippen molar-refractivity contribution in [3.05, 3.63) is 12.1 Å². The maximum Gasteiger partial charge on any atom is 0.342 e. The summed E-state index contributed by atoms with van der Waals surface area (Å²) in [6.07, 6.45) is -13.7. The Morgan fingerprint density at radius 3 is 1.69 bits per heavy atom. The standard InChI is InChI=1S/C5H3F7O/c6-1(2(7)8)4(11)13-5(12)3(9)10/h1-2,4H. The molecule has 0 saturated carbocycles. The highest BCUT2D eigenvalue weighted by Gasteiger charge is 2.32. The second kappa shape index (κ2) is 4.93. The molecule has 78 valence electrons. The third-order valence-electron chi connectivity index (χ3n) is 0.856. The van der Waals surface area contributed by atoms with Crippen molar-refractivity contribution in [3.8, 4) is 0 Å². The largest absolute Gasteiger partial charge is 0.429 e. The first-order chi connectivity index (χ1) is 5.86. The van der Waals surface area contributed by atoms with Crippen molar-refractivity contribution in [3.63, 3.8) is 0 Å². The Morgan fingerprint density at radius 2 is 1.38 bits per heavy atom. The average molecular weight is 212 g/mol. The first-order valence-electron chi connectivity index (χ1n) is 2.80. The minimum absolute atomic E-state index is 2.71. The molecule has 0 N–H and O–H groups in total. The zero-order valence-electron chi connectivity index (χ0n) is 5.79. The van der Waals surface area contributed by atoms with Gasteiger partial charge in [-0.25, -0.2) is 13.2 Å². The number of alkyl halides is 4. The summed E-state index contributed by atoms with van der Waals surface area (Å²) in [7, 11) is 0. The van der Waals surface area contributed by atoms with Crippen LogP contribution in [0.3, 0.4) is 0 Å². The third-order valence-corrected chi connectivity index (χ3v) is 0.856. The van der Waals surface area contributed by atoms with Crippen LogP contribution in [0.15, 0.2) is 12.1 Å². The molecule has 0 radical (unpaired) electrons. The second-order valence-corrected chi connectivity index (χ2v) is 1.78. The first-order valence-corrected chi connectivity index (χ1v) is 2.80. The SMILES string of the molecule is FC(F)=C(F)OC(F)C(F)C(F)F. The van der Waals surface area contributed by atoms with Gasteiger partial charge in [-0.05, 0) is 0 Å². The van der Waals surface area contributed by atoms with Crippen LogP contribution in [0.2, 0.25) is 0 Å². The van der Waals surface area contributed by atoms with Gasteiger partial charge >= 0.3 is 12.1 Å². The molecule has 0 fully saturated rings. The molecule has 8 heteroatoms. The fraction of sp³-hybridized carbons (Fsp3) is 0.600. The van der Waals surface area contributed by atoms with Gasteiger partial charge in [0, 0.05) is 0 Å². The molecule has 0 aliphatic heterocycles. The van der Waals surface area contributed by atoms with E-state index < -0.39 is 31.0 Å². The molecule has 0 rings (SSSR count).